The van der Waals surface area contributed by atoms with E-state index in [-0.39, 0.29) is 12.3 Å². The summed E-state index contributed by atoms with van der Waals surface area (Å²) >= 11 is 0. The van der Waals surface area contributed by atoms with Crippen molar-refractivity contribution in [1.82, 2.24) is 9.97 Å². The van der Waals surface area contributed by atoms with Gasteiger partial charge in [0.1, 0.15) is 23.2 Å². The maximum Gasteiger partial charge on any atom is 0.148 e. The fourth-order valence-corrected chi connectivity index (χ4v) is 2.00. The summed E-state index contributed by atoms with van der Waals surface area (Å²) in [6.07, 6.45) is 1.97. The molecule has 0 bridgehead atoms. The Morgan fingerprint density at radius 3 is 2.74 bits per heavy atom. The molecule has 0 spiro atoms. The Kier molecular flexibility index (Phi) is 4.68. The summed E-state index contributed by atoms with van der Waals surface area (Å²) in [5, 5.41) is 6.39. The van der Waals surface area contributed by atoms with Crippen molar-refractivity contribution in [3.8, 4) is 0 Å². The molecular weight excluding hydrogens is 244 g/mol. The van der Waals surface area contributed by atoms with Gasteiger partial charge in [0.25, 0.3) is 0 Å². The summed E-state index contributed by atoms with van der Waals surface area (Å²) in [7, 11) is 0. The lowest BCUT2D eigenvalue weighted by Gasteiger charge is -2.23. The summed E-state index contributed by atoms with van der Waals surface area (Å²) in [6.45, 7) is 5.25. The number of carbonyl (C=O) groups excluding carboxylic acids is 1. The lowest BCUT2D eigenvalue weighted by molar-refractivity contribution is -0.115. The van der Waals surface area contributed by atoms with Crippen LogP contribution in [0.25, 0.3) is 0 Å². The molecule has 19 heavy (non-hydrogen) atoms. The summed E-state index contributed by atoms with van der Waals surface area (Å²) in [5.74, 6) is 2.24. The zero-order valence-corrected chi connectivity index (χ0v) is 11.4. The summed E-state index contributed by atoms with van der Waals surface area (Å²) < 4.78 is 5.33. The minimum atomic E-state index is 0.0789. The van der Waals surface area contributed by atoms with Crippen LogP contribution in [0, 0.1) is 6.92 Å². The summed E-state index contributed by atoms with van der Waals surface area (Å²) in [4.78, 5) is 19.6. The molecular formula is C13H20N4O2. The molecule has 1 fully saturated rings. The van der Waals surface area contributed by atoms with Crippen molar-refractivity contribution >= 4 is 17.4 Å². The number of nitrogens with one attached hydrogen (secondary N) is 2. The standard InChI is InChI=1S/C13H20N4O2/c1-9(18)8-14-12-7-13(16-10(2)15-12)17-11-3-5-19-6-4-11/h7,11H,3-6,8H2,1-2H3,(H2,14,15,16,17). The van der Waals surface area contributed by atoms with Crippen molar-refractivity contribution in [2.45, 2.75) is 32.7 Å². The minimum absolute atomic E-state index is 0.0789. The normalized spacial score (nSPS) is 16.1. The highest BCUT2D eigenvalue weighted by atomic mass is 16.5. The largest absolute Gasteiger partial charge is 0.381 e. The first-order chi connectivity index (χ1) is 9.13. The van der Waals surface area contributed by atoms with Gasteiger partial charge in [0, 0.05) is 25.3 Å². The zero-order chi connectivity index (χ0) is 13.7. The van der Waals surface area contributed by atoms with E-state index in [0.717, 1.165) is 31.9 Å². The Bertz CT molecular complexity index is 444. The van der Waals surface area contributed by atoms with Crippen molar-refractivity contribution in [1.29, 1.82) is 0 Å². The van der Waals surface area contributed by atoms with E-state index >= 15 is 0 Å². The number of carbonyl (C=O) groups is 1. The number of rotatable bonds is 5. The molecule has 1 saturated heterocycles. The molecule has 6 heteroatoms. The lowest BCUT2D eigenvalue weighted by atomic mass is 10.1. The predicted octanol–water partition coefficient (Wildman–Crippen LogP) is 1.38. The van der Waals surface area contributed by atoms with Gasteiger partial charge in [-0.05, 0) is 26.7 Å². The lowest BCUT2D eigenvalue weighted by Crippen LogP contribution is -2.28. The molecule has 2 N–H and O–H groups in total. The average Bonchev–Trinajstić information content (AvgIpc) is 2.37. The third-order valence-corrected chi connectivity index (χ3v) is 2.93. The molecule has 0 unspecified atom stereocenters. The Labute approximate surface area is 113 Å². The van der Waals surface area contributed by atoms with Crippen molar-refractivity contribution in [2.24, 2.45) is 0 Å². The number of ketones is 1. The van der Waals surface area contributed by atoms with Gasteiger partial charge in [0.05, 0.1) is 6.54 Å². The third kappa shape index (κ3) is 4.48. The smallest absolute Gasteiger partial charge is 0.148 e. The van der Waals surface area contributed by atoms with E-state index in [2.05, 4.69) is 20.6 Å². The molecule has 1 aliphatic rings. The van der Waals surface area contributed by atoms with Gasteiger partial charge in [0.15, 0.2) is 0 Å². The highest BCUT2D eigenvalue weighted by molar-refractivity contribution is 5.80. The Balaban J connectivity index is 2.00. The molecule has 0 aliphatic carbocycles. The second kappa shape index (κ2) is 6.47. The summed E-state index contributed by atoms with van der Waals surface area (Å²) in [6, 6.07) is 2.23. The monoisotopic (exact) mass is 264 g/mol. The van der Waals surface area contributed by atoms with Crippen LogP contribution in [0.5, 0.6) is 0 Å². The second-order valence-electron chi connectivity index (χ2n) is 4.77. The van der Waals surface area contributed by atoms with E-state index < -0.39 is 0 Å². The van der Waals surface area contributed by atoms with Gasteiger partial charge in [-0.15, -0.1) is 0 Å². The van der Waals surface area contributed by atoms with Crippen LogP contribution in [-0.4, -0.2) is 41.6 Å². The molecule has 0 radical (unpaired) electrons. The fourth-order valence-electron chi connectivity index (χ4n) is 2.00. The van der Waals surface area contributed by atoms with Crippen LogP contribution >= 0.6 is 0 Å². The Hall–Kier alpha value is -1.69. The molecule has 6 nitrogen and oxygen atoms in total. The number of hydrogen-bond donors (Lipinski definition) is 2. The molecule has 2 heterocycles. The van der Waals surface area contributed by atoms with E-state index in [1.54, 1.807) is 6.92 Å². The topological polar surface area (TPSA) is 76.1 Å². The number of hydrogen-bond acceptors (Lipinski definition) is 6. The molecule has 2 rings (SSSR count). The summed E-state index contributed by atoms with van der Waals surface area (Å²) in [5.41, 5.74) is 0. The van der Waals surface area contributed by atoms with Gasteiger partial charge >= 0.3 is 0 Å². The predicted molar refractivity (Wildman–Crippen MR) is 73.4 cm³/mol. The molecule has 0 aromatic carbocycles. The minimum Gasteiger partial charge on any atom is -0.381 e. The van der Waals surface area contributed by atoms with Gasteiger partial charge in [-0.25, -0.2) is 9.97 Å². The van der Waals surface area contributed by atoms with Crippen LogP contribution in [0.3, 0.4) is 0 Å². The van der Waals surface area contributed by atoms with Crippen LogP contribution in [0.4, 0.5) is 11.6 Å². The number of nitrogens with zero attached hydrogens (tertiary/aromatic N) is 2. The third-order valence-electron chi connectivity index (χ3n) is 2.93. The van der Waals surface area contributed by atoms with Crippen molar-refractivity contribution in [2.75, 3.05) is 30.4 Å². The maximum absolute atomic E-state index is 11.0. The van der Waals surface area contributed by atoms with Crippen molar-refractivity contribution in [3.63, 3.8) is 0 Å². The zero-order valence-electron chi connectivity index (χ0n) is 11.4. The molecule has 0 amide bonds. The molecule has 1 aliphatic heterocycles. The van der Waals surface area contributed by atoms with Gasteiger partial charge in [-0.1, -0.05) is 0 Å². The molecule has 1 aromatic heterocycles. The highest BCUT2D eigenvalue weighted by Crippen LogP contribution is 2.16. The molecule has 104 valence electrons. The van der Waals surface area contributed by atoms with Crippen molar-refractivity contribution < 1.29 is 9.53 Å². The van der Waals surface area contributed by atoms with E-state index in [1.165, 1.54) is 0 Å². The van der Waals surface area contributed by atoms with Crippen LogP contribution in [0.2, 0.25) is 0 Å². The van der Waals surface area contributed by atoms with Gasteiger partial charge < -0.3 is 15.4 Å². The SMILES string of the molecule is CC(=O)CNc1cc(NC2CCOCC2)nc(C)n1. The first kappa shape index (κ1) is 13.7. The van der Waals surface area contributed by atoms with Crippen LogP contribution in [0.1, 0.15) is 25.6 Å². The fraction of sp³-hybridized carbons (Fsp3) is 0.615. The van der Waals surface area contributed by atoms with Crippen LogP contribution < -0.4 is 10.6 Å². The first-order valence-corrected chi connectivity index (χ1v) is 6.57. The Morgan fingerprint density at radius 1 is 1.37 bits per heavy atom. The number of aryl methyl sites for hydroxylation is 1. The molecule has 0 saturated carbocycles. The number of Topliss-reactive ketones (excluding diaryl/α,β-unsaturated/α-hetero) is 1. The highest BCUT2D eigenvalue weighted by Gasteiger charge is 2.14. The van der Waals surface area contributed by atoms with Gasteiger partial charge in [-0.2, -0.15) is 0 Å². The number of anilines is 2. The quantitative estimate of drug-likeness (QED) is 0.836. The Morgan fingerprint density at radius 2 is 2.05 bits per heavy atom. The van der Waals surface area contributed by atoms with Crippen LogP contribution in [-0.2, 0) is 9.53 Å². The van der Waals surface area contributed by atoms with Gasteiger partial charge in [-0.3, -0.25) is 4.79 Å². The number of ether oxygens (including phenoxy) is 1. The van der Waals surface area contributed by atoms with Crippen molar-refractivity contribution in [3.05, 3.63) is 11.9 Å². The molecule has 1 aromatic rings. The first-order valence-electron chi connectivity index (χ1n) is 6.57. The molecule has 0 atom stereocenters. The number of aromatic nitrogens is 2. The van der Waals surface area contributed by atoms with E-state index in [1.807, 2.05) is 13.0 Å². The average molecular weight is 264 g/mol. The second-order valence-corrected chi connectivity index (χ2v) is 4.77. The van der Waals surface area contributed by atoms with E-state index in [0.29, 0.717) is 17.7 Å². The maximum atomic E-state index is 11.0. The van der Waals surface area contributed by atoms with Crippen LogP contribution in [0.15, 0.2) is 6.07 Å². The van der Waals surface area contributed by atoms with Gasteiger partial charge in [0.2, 0.25) is 0 Å². The van der Waals surface area contributed by atoms with E-state index in [4.69, 9.17) is 4.74 Å². The van der Waals surface area contributed by atoms with E-state index in [9.17, 15) is 4.79 Å².